The van der Waals surface area contributed by atoms with Gasteiger partial charge in [0.1, 0.15) is 17.4 Å². The van der Waals surface area contributed by atoms with E-state index in [4.69, 9.17) is 14.2 Å². The molecule has 0 saturated carbocycles. The van der Waals surface area contributed by atoms with Crippen LogP contribution in [-0.2, 0) is 19.0 Å². The second-order valence-corrected chi connectivity index (χ2v) is 5.16. The van der Waals surface area contributed by atoms with Gasteiger partial charge in [0.15, 0.2) is 6.40 Å². The number of hydrogen-bond donors (Lipinski definition) is 0. The average molecular weight is 340 g/mol. The first-order chi connectivity index (χ1) is 12.1. The zero-order valence-corrected chi connectivity index (χ0v) is 14.5. The lowest BCUT2D eigenvalue weighted by molar-refractivity contribution is -0.139. The molecule has 0 spiro atoms. The lowest BCUT2D eigenvalue weighted by atomic mass is 9.83. The summed E-state index contributed by atoms with van der Waals surface area (Å²) in [6.45, 7) is 5.90. The summed E-state index contributed by atoms with van der Waals surface area (Å²) in [4.78, 5) is 16.6. The summed E-state index contributed by atoms with van der Waals surface area (Å²) in [5, 5.41) is 9.69. The molecule has 1 aliphatic rings. The minimum Gasteiger partial charge on any atom is -0.483 e. The maximum atomic E-state index is 12.5. The Morgan fingerprint density at radius 3 is 2.64 bits per heavy atom. The molecule has 0 saturated heterocycles. The van der Waals surface area contributed by atoms with Gasteiger partial charge in [0.2, 0.25) is 5.88 Å². The van der Waals surface area contributed by atoms with Crippen LogP contribution in [0.25, 0.3) is 0 Å². The molecular formula is C19H20N2O4. The Balaban J connectivity index is 2.57. The van der Waals surface area contributed by atoms with Crippen LogP contribution in [0.1, 0.15) is 32.3 Å². The first kappa shape index (κ1) is 18.3. The molecular weight excluding hydrogens is 320 g/mol. The van der Waals surface area contributed by atoms with Gasteiger partial charge >= 0.3 is 5.97 Å². The van der Waals surface area contributed by atoms with E-state index in [1.165, 1.54) is 6.40 Å². The van der Waals surface area contributed by atoms with Crippen molar-refractivity contribution < 1.29 is 19.0 Å². The molecule has 1 aromatic rings. The van der Waals surface area contributed by atoms with Crippen molar-refractivity contribution in [1.82, 2.24) is 0 Å². The van der Waals surface area contributed by atoms with E-state index in [0.29, 0.717) is 17.9 Å². The predicted molar refractivity (Wildman–Crippen MR) is 92.4 cm³/mol. The number of esters is 1. The Morgan fingerprint density at radius 2 is 2.04 bits per heavy atom. The van der Waals surface area contributed by atoms with Gasteiger partial charge in [0.05, 0.1) is 24.7 Å². The maximum absolute atomic E-state index is 12.5. The van der Waals surface area contributed by atoms with E-state index in [1.54, 1.807) is 13.8 Å². The molecule has 0 radical (unpaired) electrons. The number of nitriles is 1. The molecule has 25 heavy (non-hydrogen) atoms. The monoisotopic (exact) mass is 340 g/mol. The Bertz CT molecular complexity index is 757. The SMILES string of the molecule is CCOC=NC1=C(C#N)C(c2ccccc2)C(C(=O)OCC)=C(C)O1. The smallest absolute Gasteiger partial charge is 0.338 e. The highest BCUT2D eigenvalue weighted by molar-refractivity contribution is 5.92. The van der Waals surface area contributed by atoms with Gasteiger partial charge in [-0.3, -0.25) is 0 Å². The molecule has 0 amide bonds. The molecule has 1 unspecified atom stereocenters. The van der Waals surface area contributed by atoms with Gasteiger partial charge in [-0.1, -0.05) is 30.3 Å². The van der Waals surface area contributed by atoms with Crippen LogP contribution in [0, 0.1) is 11.3 Å². The number of allylic oxidation sites excluding steroid dienone is 2. The van der Waals surface area contributed by atoms with Crippen LogP contribution in [0.3, 0.4) is 0 Å². The van der Waals surface area contributed by atoms with Gasteiger partial charge in [-0.15, -0.1) is 0 Å². The maximum Gasteiger partial charge on any atom is 0.338 e. The third-order valence-electron chi connectivity index (χ3n) is 3.60. The van der Waals surface area contributed by atoms with Gasteiger partial charge in [-0.2, -0.15) is 10.3 Å². The molecule has 1 aromatic carbocycles. The summed E-state index contributed by atoms with van der Waals surface area (Å²) in [6, 6.07) is 11.4. The van der Waals surface area contributed by atoms with E-state index in [0.717, 1.165) is 5.56 Å². The Kier molecular flexibility index (Phi) is 6.35. The topological polar surface area (TPSA) is 80.9 Å². The van der Waals surface area contributed by atoms with Crippen molar-refractivity contribution in [1.29, 1.82) is 5.26 Å². The normalized spacial score (nSPS) is 17.3. The lowest BCUT2D eigenvalue weighted by Gasteiger charge is -2.26. The summed E-state index contributed by atoms with van der Waals surface area (Å²) in [5.74, 6) is -0.632. The van der Waals surface area contributed by atoms with Gasteiger partial charge in [-0.05, 0) is 26.3 Å². The number of benzene rings is 1. The largest absolute Gasteiger partial charge is 0.483 e. The highest BCUT2D eigenvalue weighted by atomic mass is 16.5. The summed E-state index contributed by atoms with van der Waals surface area (Å²) in [7, 11) is 0. The molecule has 0 bridgehead atoms. The number of hydrogen-bond acceptors (Lipinski definition) is 6. The molecule has 0 aliphatic carbocycles. The number of carbonyl (C=O) groups is 1. The van der Waals surface area contributed by atoms with Gasteiger partial charge in [0, 0.05) is 0 Å². The fraction of sp³-hybridized carbons (Fsp3) is 0.316. The molecule has 1 aliphatic heterocycles. The van der Waals surface area contributed by atoms with Gasteiger partial charge in [0.25, 0.3) is 0 Å². The van der Waals surface area contributed by atoms with Crippen LogP contribution in [0.4, 0.5) is 0 Å². The highest BCUT2D eigenvalue weighted by Gasteiger charge is 2.36. The zero-order valence-electron chi connectivity index (χ0n) is 14.5. The molecule has 0 N–H and O–H groups in total. The van der Waals surface area contributed by atoms with Gasteiger partial charge in [-0.25, -0.2) is 4.79 Å². The summed E-state index contributed by atoms with van der Waals surface area (Å²) in [5.41, 5.74) is 1.32. The lowest BCUT2D eigenvalue weighted by Crippen LogP contribution is -2.23. The van der Waals surface area contributed by atoms with Crippen molar-refractivity contribution in [3.8, 4) is 6.07 Å². The molecule has 2 rings (SSSR count). The fourth-order valence-electron chi connectivity index (χ4n) is 2.54. The Morgan fingerprint density at radius 1 is 1.32 bits per heavy atom. The van der Waals surface area contributed by atoms with Crippen LogP contribution in [-0.4, -0.2) is 25.6 Å². The number of carbonyl (C=O) groups excluding carboxylic acids is 1. The number of rotatable bonds is 6. The third-order valence-corrected chi connectivity index (χ3v) is 3.60. The minimum absolute atomic E-state index is 0.121. The van der Waals surface area contributed by atoms with Crippen LogP contribution in [0.2, 0.25) is 0 Å². The van der Waals surface area contributed by atoms with Crippen molar-refractivity contribution in [2.24, 2.45) is 4.99 Å². The quantitative estimate of drug-likeness (QED) is 0.450. The van der Waals surface area contributed by atoms with Crippen molar-refractivity contribution in [3.05, 3.63) is 58.7 Å². The van der Waals surface area contributed by atoms with E-state index < -0.39 is 11.9 Å². The molecule has 6 heteroatoms. The first-order valence-corrected chi connectivity index (χ1v) is 8.03. The van der Waals surface area contributed by atoms with Crippen LogP contribution >= 0.6 is 0 Å². The summed E-state index contributed by atoms with van der Waals surface area (Å²) in [6.07, 6.45) is 1.23. The molecule has 1 heterocycles. The first-order valence-electron chi connectivity index (χ1n) is 8.03. The summed E-state index contributed by atoms with van der Waals surface area (Å²) < 4.78 is 15.9. The number of ether oxygens (including phenoxy) is 3. The molecule has 0 fully saturated rings. The van der Waals surface area contributed by atoms with Crippen LogP contribution < -0.4 is 0 Å². The molecule has 0 aromatic heterocycles. The van der Waals surface area contributed by atoms with Crippen LogP contribution in [0.15, 0.2) is 58.1 Å². The van der Waals surface area contributed by atoms with E-state index in [2.05, 4.69) is 11.1 Å². The third kappa shape index (κ3) is 4.07. The highest BCUT2D eigenvalue weighted by Crippen LogP contribution is 2.40. The number of aliphatic imine (C=N–C) groups is 1. The van der Waals surface area contributed by atoms with E-state index in [-0.39, 0.29) is 18.1 Å². The Labute approximate surface area is 147 Å². The van der Waals surface area contributed by atoms with Crippen LogP contribution in [0.5, 0.6) is 0 Å². The molecule has 130 valence electrons. The molecule has 6 nitrogen and oxygen atoms in total. The van der Waals surface area contributed by atoms with Crippen molar-refractivity contribution in [2.75, 3.05) is 13.2 Å². The van der Waals surface area contributed by atoms with E-state index in [9.17, 15) is 10.1 Å². The fourth-order valence-corrected chi connectivity index (χ4v) is 2.54. The van der Waals surface area contributed by atoms with Crippen molar-refractivity contribution in [3.63, 3.8) is 0 Å². The predicted octanol–water partition coefficient (Wildman–Crippen LogP) is 3.44. The van der Waals surface area contributed by atoms with E-state index >= 15 is 0 Å². The standard InChI is InChI=1S/C19H20N2O4/c1-4-23-12-21-18-15(11-20)17(14-9-7-6-8-10-14)16(13(3)25-18)19(22)24-5-2/h6-10,12,17H,4-5H2,1-3H3. The van der Waals surface area contributed by atoms with E-state index in [1.807, 2.05) is 37.3 Å². The van der Waals surface area contributed by atoms with Gasteiger partial charge < -0.3 is 14.2 Å². The minimum atomic E-state index is -0.604. The second-order valence-electron chi connectivity index (χ2n) is 5.16. The molecule has 1 atom stereocenters. The Hall–Kier alpha value is -3.07. The second kappa shape index (κ2) is 8.69. The van der Waals surface area contributed by atoms with Crippen molar-refractivity contribution >= 4 is 12.4 Å². The van der Waals surface area contributed by atoms with Crippen molar-refractivity contribution in [2.45, 2.75) is 26.7 Å². The summed E-state index contributed by atoms with van der Waals surface area (Å²) >= 11 is 0. The average Bonchev–Trinajstić information content (AvgIpc) is 2.62. The zero-order chi connectivity index (χ0) is 18.2. The number of nitrogens with zero attached hydrogens (tertiary/aromatic N) is 2.